The first-order chi connectivity index (χ1) is 5.81. The van der Waals surface area contributed by atoms with Gasteiger partial charge in [0.05, 0.1) is 0 Å². The van der Waals surface area contributed by atoms with Crippen molar-refractivity contribution >= 4 is 0 Å². The van der Waals surface area contributed by atoms with E-state index in [1.807, 2.05) is 6.07 Å². The number of phenols is 1. The molecule has 1 aromatic rings. The maximum atomic E-state index is 9.19. The quantitative estimate of drug-likeness (QED) is 0.659. The van der Waals surface area contributed by atoms with Crippen molar-refractivity contribution in [2.24, 2.45) is 0 Å². The monoisotopic (exact) mass is 164 g/mol. The summed E-state index contributed by atoms with van der Waals surface area (Å²) in [6.45, 7) is 0.220. The van der Waals surface area contributed by atoms with Gasteiger partial charge in [-0.15, -0.1) is 0 Å². The highest BCUT2D eigenvalue weighted by Crippen LogP contribution is 2.34. The summed E-state index contributed by atoms with van der Waals surface area (Å²) in [6, 6.07) is 5.40. The van der Waals surface area contributed by atoms with Crippen LogP contribution in [0, 0.1) is 0 Å². The number of aromatic hydroxyl groups is 1. The first-order valence-electron chi connectivity index (χ1n) is 4.24. The van der Waals surface area contributed by atoms with Gasteiger partial charge in [0.15, 0.2) is 0 Å². The normalized spacial score (nSPS) is 20.9. The van der Waals surface area contributed by atoms with E-state index in [0.29, 0.717) is 11.7 Å². The van der Waals surface area contributed by atoms with Crippen LogP contribution in [0.5, 0.6) is 5.75 Å². The molecule has 0 fully saturated rings. The molecule has 1 aromatic carbocycles. The van der Waals surface area contributed by atoms with E-state index < -0.39 is 0 Å². The highest BCUT2D eigenvalue weighted by molar-refractivity contribution is 5.40. The van der Waals surface area contributed by atoms with Gasteiger partial charge in [-0.25, -0.2) is 0 Å². The molecular weight excluding hydrogens is 152 g/mol. The van der Waals surface area contributed by atoms with Crippen LogP contribution in [0.3, 0.4) is 0 Å². The Morgan fingerprint density at radius 3 is 3.00 bits per heavy atom. The zero-order chi connectivity index (χ0) is 8.55. The Kier molecular flexibility index (Phi) is 1.77. The number of aliphatic hydroxyl groups excluding tert-OH is 1. The number of hydrogen-bond acceptors (Lipinski definition) is 2. The van der Waals surface area contributed by atoms with Gasteiger partial charge in [-0.1, -0.05) is 6.07 Å². The first-order valence-corrected chi connectivity index (χ1v) is 4.24. The molecule has 1 unspecified atom stereocenters. The lowest BCUT2D eigenvalue weighted by molar-refractivity contribution is 0.265. The predicted octanol–water partition coefficient (Wildman–Crippen LogP) is 1.41. The van der Waals surface area contributed by atoms with Gasteiger partial charge in [0.25, 0.3) is 0 Å². The van der Waals surface area contributed by atoms with Crippen molar-refractivity contribution in [2.45, 2.75) is 18.8 Å². The lowest BCUT2D eigenvalue weighted by Gasteiger charge is -2.06. The Labute approximate surface area is 71.5 Å². The number of fused-ring (bicyclic) bond motifs is 1. The second kappa shape index (κ2) is 2.79. The molecule has 1 atom stereocenters. The molecule has 2 nitrogen and oxygen atoms in total. The molecule has 0 aromatic heterocycles. The number of aryl methyl sites for hydroxylation is 1. The molecule has 1 aliphatic rings. The number of hydrogen-bond donors (Lipinski definition) is 2. The third-order valence-electron chi connectivity index (χ3n) is 2.55. The third kappa shape index (κ3) is 1.08. The smallest absolute Gasteiger partial charge is 0.115 e. The second-order valence-corrected chi connectivity index (χ2v) is 3.30. The van der Waals surface area contributed by atoms with E-state index in [1.165, 1.54) is 11.1 Å². The van der Waals surface area contributed by atoms with Crippen molar-refractivity contribution < 1.29 is 10.2 Å². The molecule has 0 heterocycles. The Bertz CT molecular complexity index is 294. The first kappa shape index (κ1) is 7.62. The van der Waals surface area contributed by atoms with Gasteiger partial charge in [0.1, 0.15) is 5.75 Å². The molecule has 64 valence electrons. The van der Waals surface area contributed by atoms with Crippen molar-refractivity contribution in [3.8, 4) is 5.75 Å². The zero-order valence-electron chi connectivity index (χ0n) is 6.83. The standard InChI is InChI=1S/C10H12O2/c11-6-8-2-1-7-5-9(12)3-4-10(7)8/h3-5,8,11-12H,1-2,6H2. The van der Waals surface area contributed by atoms with Crippen LogP contribution in [0.1, 0.15) is 23.5 Å². The highest BCUT2D eigenvalue weighted by Gasteiger charge is 2.21. The summed E-state index contributed by atoms with van der Waals surface area (Å²) in [6.07, 6.45) is 1.99. The minimum absolute atomic E-state index is 0.220. The second-order valence-electron chi connectivity index (χ2n) is 3.30. The predicted molar refractivity (Wildman–Crippen MR) is 46.3 cm³/mol. The van der Waals surface area contributed by atoms with Gasteiger partial charge in [-0.05, 0) is 36.1 Å². The SMILES string of the molecule is OCC1CCc2cc(O)ccc21. The lowest BCUT2D eigenvalue weighted by Crippen LogP contribution is -1.98. The molecular formula is C10H12O2. The van der Waals surface area contributed by atoms with Gasteiger partial charge in [0, 0.05) is 12.5 Å². The van der Waals surface area contributed by atoms with Crippen molar-refractivity contribution in [3.63, 3.8) is 0 Å². The Balaban J connectivity index is 2.40. The minimum atomic E-state index is 0.220. The van der Waals surface area contributed by atoms with E-state index in [-0.39, 0.29) is 6.61 Å². The van der Waals surface area contributed by atoms with Crippen LogP contribution in [0.2, 0.25) is 0 Å². The minimum Gasteiger partial charge on any atom is -0.508 e. The van der Waals surface area contributed by atoms with Gasteiger partial charge in [-0.3, -0.25) is 0 Å². The van der Waals surface area contributed by atoms with E-state index in [2.05, 4.69) is 0 Å². The molecule has 0 aliphatic heterocycles. The van der Waals surface area contributed by atoms with Gasteiger partial charge >= 0.3 is 0 Å². The van der Waals surface area contributed by atoms with E-state index in [0.717, 1.165) is 12.8 Å². The molecule has 0 bridgehead atoms. The summed E-state index contributed by atoms with van der Waals surface area (Å²) in [5.74, 6) is 0.618. The van der Waals surface area contributed by atoms with E-state index in [4.69, 9.17) is 5.11 Å². The Hall–Kier alpha value is -1.02. The highest BCUT2D eigenvalue weighted by atomic mass is 16.3. The van der Waals surface area contributed by atoms with Gasteiger partial charge < -0.3 is 10.2 Å². The molecule has 1 aliphatic carbocycles. The maximum Gasteiger partial charge on any atom is 0.115 e. The average Bonchev–Trinajstić information content (AvgIpc) is 2.46. The number of aliphatic hydroxyl groups is 1. The number of rotatable bonds is 1. The van der Waals surface area contributed by atoms with Crippen LogP contribution in [-0.2, 0) is 6.42 Å². The summed E-state index contributed by atoms with van der Waals surface area (Å²) in [5, 5.41) is 18.2. The van der Waals surface area contributed by atoms with Crippen LogP contribution in [0.15, 0.2) is 18.2 Å². The van der Waals surface area contributed by atoms with E-state index in [1.54, 1.807) is 12.1 Å². The van der Waals surface area contributed by atoms with Crippen LogP contribution < -0.4 is 0 Å². The topological polar surface area (TPSA) is 40.5 Å². The van der Waals surface area contributed by atoms with Crippen LogP contribution in [-0.4, -0.2) is 16.8 Å². The zero-order valence-corrected chi connectivity index (χ0v) is 6.83. The molecule has 0 saturated heterocycles. The summed E-state index contributed by atoms with van der Waals surface area (Å²) in [4.78, 5) is 0. The van der Waals surface area contributed by atoms with Crippen molar-refractivity contribution in [1.29, 1.82) is 0 Å². The van der Waals surface area contributed by atoms with Crippen LogP contribution in [0.25, 0.3) is 0 Å². The fourth-order valence-electron chi connectivity index (χ4n) is 1.88. The number of benzene rings is 1. The summed E-state index contributed by atoms with van der Waals surface area (Å²) in [5.41, 5.74) is 2.39. The van der Waals surface area contributed by atoms with Crippen molar-refractivity contribution in [2.75, 3.05) is 6.61 Å². The Morgan fingerprint density at radius 2 is 2.25 bits per heavy atom. The molecule has 12 heavy (non-hydrogen) atoms. The van der Waals surface area contributed by atoms with Crippen LogP contribution in [0.4, 0.5) is 0 Å². The fourth-order valence-corrected chi connectivity index (χ4v) is 1.88. The molecule has 0 radical (unpaired) electrons. The average molecular weight is 164 g/mol. The van der Waals surface area contributed by atoms with Gasteiger partial charge in [-0.2, -0.15) is 0 Å². The van der Waals surface area contributed by atoms with Crippen LogP contribution >= 0.6 is 0 Å². The van der Waals surface area contributed by atoms with Crippen molar-refractivity contribution in [3.05, 3.63) is 29.3 Å². The van der Waals surface area contributed by atoms with E-state index >= 15 is 0 Å². The molecule has 2 heteroatoms. The number of phenolic OH excluding ortho intramolecular Hbond substituents is 1. The summed E-state index contributed by atoms with van der Waals surface area (Å²) in [7, 11) is 0. The third-order valence-corrected chi connectivity index (χ3v) is 2.55. The summed E-state index contributed by atoms with van der Waals surface area (Å²) >= 11 is 0. The molecule has 2 rings (SSSR count). The molecule has 0 spiro atoms. The largest absolute Gasteiger partial charge is 0.508 e. The van der Waals surface area contributed by atoms with Crippen molar-refractivity contribution in [1.82, 2.24) is 0 Å². The maximum absolute atomic E-state index is 9.19. The fraction of sp³-hybridized carbons (Fsp3) is 0.400. The molecule has 2 N–H and O–H groups in total. The Morgan fingerprint density at radius 1 is 1.42 bits per heavy atom. The van der Waals surface area contributed by atoms with Gasteiger partial charge in [0.2, 0.25) is 0 Å². The van der Waals surface area contributed by atoms with E-state index in [9.17, 15) is 5.11 Å². The molecule has 0 amide bonds. The molecule has 0 saturated carbocycles. The summed E-state index contributed by atoms with van der Waals surface area (Å²) < 4.78 is 0. The lowest BCUT2D eigenvalue weighted by atomic mass is 10.0.